The predicted molar refractivity (Wildman–Crippen MR) is 134 cm³/mol. The van der Waals surface area contributed by atoms with Crippen LogP contribution in [-0.4, -0.2) is 43.0 Å². The number of nitrogens with zero attached hydrogens (tertiary/aromatic N) is 3. The minimum absolute atomic E-state index is 0. The van der Waals surface area contributed by atoms with Gasteiger partial charge in [0.25, 0.3) is 5.91 Å². The van der Waals surface area contributed by atoms with Gasteiger partial charge in [0.1, 0.15) is 11.1 Å². The SMILES string of the molecule is CCc1ccc2nc(N(CCCN(C)C)C(=O)c3cc4ccccc4oc3=O)sc2c1.Cl. The third-order valence-electron chi connectivity index (χ3n) is 5.18. The van der Waals surface area contributed by atoms with Crippen molar-refractivity contribution in [2.45, 2.75) is 19.8 Å². The van der Waals surface area contributed by atoms with Gasteiger partial charge in [-0.05, 0) is 63.3 Å². The van der Waals surface area contributed by atoms with E-state index in [0.29, 0.717) is 17.3 Å². The smallest absolute Gasteiger partial charge is 0.349 e. The van der Waals surface area contributed by atoms with Crippen molar-refractivity contribution < 1.29 is 9.21 Å². The molecule has 0 bridgehead atoms. The number of rotatable bonds is 7. The first-order valence-electron chi connectivity index (χ1n) is 10.3. The number of hydrogen-bond acceptors (Lipinski definition) is 6. The molecule has 0 saturated carbocycles. The number of halogens is 1. The molecule has 0 atom stereocenters. The second-order valence-corrected chi connectivity index (χ2v) is 8.76. The lowest BCUT2D eigenvalue weighted by molar-refractivity contribution is 0.0982. The van der Waals surface area contributed by atoms with Gasteiger partial charge in [-0.15, -0.1) is 12.4 Å². The molecule has 32 heavy (non-hydrogen) atoms. The molecular formula is C24H26ClN3O3S. The van der Waals surface area contributed by atoms with Crippen LogP contribution >= 0.6 is 23.7 Å². The Balaban J connectivity index is 0.00000289. The lowest BCUT2D eigenvalue weighted by Gasteiger charge is -2.20. The van der Waals surface area contributed by atoms with Crippen LogP contribution in [0.3, 0.4) is 0 Å². The van der Waals surface area contributed by atoms with E-state index in [4.69, 9.17) is 9.40 Å². The molecule has 2 heterocycles. The zero-order valence-electron chi connectivity index (χ0n) is 18.3. The molecule has 2 aromatic heterocycles. The maximum Gasteiger partial charge on any atom is 0.349 e. The van der Waals surface area contributed by atoms with Gasteiger partial charge in [-0.2, -0.15) is 0 Å². The fourth-order valence-electron chi connectivity index (χ4n) is 3.48. The lowest BCUT2D eigenvalue weighted by atomic mass is 10.1. The summed E-state index contributed by atoms with van der Waals surface area (Å²) in [5.74, 6) is -0.381. The first-order valence-corrected chi connectivity index (χ1v) is 11.2. The van der Waals surface area contributed by atoms with Crippen molar-refractivity contribution >= 4 is 56.0 Å². The van der Waals surface area contributed by atoms with Crippen LogP contribution in [0.4, 0.5) is 5.13 Å². The van der Waals surface area contributed by atoms with E-state index in [0.717, 1.165) is 35.0 Å². The van der Waals surface area contributed by atoms with E-state index in [2.05, 4.69) is 24.0 Å². The first-order chi connectivity index (χ1) is 15.0. The third kappa shape index (κ3) is 5.01. The molecule has 0 saturated heterocycles. The minimum Gasteiger partial charge on any atom is -0.422 e. The fourth-order valence-corrected chi connectivity index (χ4v) is 4.53. The number of benzene rings is 2. The fraction of sp³-hybridized carbons (Fsp3) is 0.292. The topological polar surface area (TPSA) is 66.7 Å². The van der Waals surface area contributed by atoms with Crippen LogP contribution in [0, 0.1) is 0 Å². The Morgan fingerprint density at radius 3 is 2.62 bits per heavy atom. The van der Waals surface area contributed by atoms with Crippen LogP contribution in [0.2, 0.25) is 0 Å². The summed E-state index contributed by atoms with van der Waals surface area (Å²) in [5, 5.41) is 1.31. The van der Waals surface area contributed by atoms with Crippen molar-refractivity contribution in [3.05, 3.63) is 70.1 Å². The number of carbonyl (C=O) groups is 1. The molecule has 0 aliphatic rings. The Morgan fingerprint density at radius 2 is 1.88 bits per heavy atom. The summed E-state index contributed by atoms with van der Waals surface area (Å²) < 4.78 is 6.44. The van der Waals surface area contributed by atoms with E-state index in [1.54, 1.807) is 23.1 Å². The van der Waals surface area contributed by atoms with E-state index in [-0.39, 0.29) is 23.9 Å². The lowest BCUT2D eigenvalue weighted by Crippen LogP contribution is -2.36. The number of amides is 1. The van der Waals surface area contributed by atoms with E-state index in [1.165, 1.54) is 16.9 Å². The van der Waals surface area contributed by atoms with Gasteiger partial charge < -0.3 is 9.32 Å². The molecule has 168 valence electrons. The van der Waals surface area contributed by atoms with Crippen molar-refractivity contribution in [1.29, 1.82) is 0 Å². The van der Waals surface area contributed by atoms with Crippen molar-refractivity contribution in [1.82, 2.24) is 9.88 Å². The zero-order valence-corrected chi connectivity index (χ0v) is 20.0. The number of carbonyl (C=O) groups excluding carboxylic acids is 1. The van der Waals surface area contributed by atoms with Crippen LogP contribution < -0.4 is 10.5 Å². The number of thiazole rings is 1. The van der Waals surface area contributed by atoms with Crippen molar-refractivity contribution in [2.24, 2.45) is 0 Å². The van der Waals surface area contributed by atoms with Crippen LogP contribution in [0.1, 0.15) is 29.3 Å². The van der Waals surface area contributed by atoms with E-state index < -0.39 is 5.63 Å². The summed E-state index contributed by atoms with van der Waals surface area (Å²) >= 11 is 1.47. The molecule has 2 aromatic carbocycles. The number of para-hydroxylation sites is 1. The molecule has 4 aromatic rings. The molecule has 0 aliphatic heterocycles. The molecule has 4 rings (SSSR count). The minimum atomic E-state index is -0.629. The summed E-state index contributed by atoms with van der Waals surface area (Å²) in [7, 11) is 3.99. The number of aryl methyl sites for hydroxylation is 1. The average molecular weight is 472 g/mol. The Morgan fingerprint density at radius 1 is 1.09 bits per heavy atom. The Hall–Kier alpha value is -2.74. The maximum absolute atomic E-state index is 13.5. The summed E-state index contributed by atoms with van der Waals surface area (Å²) in [5.41, 5.74) is 1.94. The first kappa shape index (κ1) is 23.9. The Bertz CT molecular complexity index is 1300. The van der Waals surface area contributed by atoms with Crippen molar-refractivity contribution in [3.63, 3.8) is 0 Å². The monoisotopic (exact) mass is 471 g/mol. The molecule has 6 nitrogen and oxygen atoms in total. The molecule has 0 N–H and O–H groups in total. The van der Waals surface area contributed by atoms with Crippen LogP contribution in [0.25, 0.3) is 21.2 Å². The third-order valence-corrected chi connectivity index (χ3v) is 6.23. The summed E-state index contributed by atoms with van der Waals surface area (Å²) in [6.45, 7) is 3.39. The molecule has 0 fully saturated rings. The van der Waals surface area contributed by atoms with Crippen LogP contribution in [-0.2, 0) is 6.42 Å². The second kappa shape index (κ2) is 10.3. The number of aromatic nitrogens is 1. The summed E-state index contributed by atoms with van der Waals surface area (Å²) in [4.78, 5) is 34.5. The molecule has 0 spiro atoms. The largest absolute Gasteiger partial charge is 0.422 e. The zero-order chi connectivity index (χ0) is 22.0. The highest BCUT2D eigenvalue weighted by molar-refractivity contribution is 7.22. The highest BCUT2D eigenvalue weighted by Gasteiger charge is 2.24. The van der Waals surface area contributed by atoms with Gasteiger partial charge in [0, 0.05) is 11.9 Å². The normalized spacial score (nSPS) is 11.1. The standard InChI is InChI=1S/C24H25N3O3S.ClH/c1-4-16-10-11-19-21(14-16)31-24(25-19)27(13-7-12-26(2)3)22(28)18-15-17-8-5-6-9-20(17)30-23(18)29;/h5-6,8-11,14-15H,4,7,12-13H2,1-3H3;1H. The molecule has 8 heteroatoms. The quantitative estimate of drug-likeness (QED) is 0.355. The molecule has 1 amide bonds. The van der Waals surface area contributed by atoms with Gasteiger partial charge in [-0.1, -0.05) is 42.5 Å². The van der Waals surface area contributed by atoms with Gasteiger partial charge in [0.2, 0.25) is 0 Å². The highest BCUT2D eigenvalue weighted by Crippen LogP contribution is 2.31. The van der Waals surface area contributed by atoms with Gasteiger partial charge in [0.05, 0.1) is 10.2 Å². The second-order valence-electron chi connectivity index (χ2n) is 7.75. The maximum atomic E-state index is 13.5. The van der Waals surface area contributed by atoms with Gasteiger partial charge in [0.15, 0.2) is 5.13 Å². The molecule has 0 aliphatic carbocycles. The van der Waals surface area contributed by atoms with Gasteiger partial charge in [-0.25, -0.2) is 9.78 Å². The summed E-state index contributed by atoms with van der Waals surface area (Å²) in [6, 6.07) is 15.0. The Labute approximate surface area is 196 Å². The summed E-state index contributed by atoms with van der Waals surface area (Å²) in [6.07, 6.45) is 1.70. The molecule has 0 unspecified atom stereocenters. The number of anilines is 1. The number of fused-ring (bicyclic) bond motifs is 2. The average Bonchev–Trinajstić information content (AvgIpc) is 3.18. The van der Waals surface area contributed by atoms with E-state index in [1.807, 2.05) is 32.3 Å². The molecule has 0 radical (unpaired) electrons. The van der Waals surface area contributed by atoms with Gasteiger partial charge >= 0.3 is 5.63 Å². The van der Waals surface area contributed by atoms with Crippen molar-refractivity contribution in [3.8, 4) is 0 Å². The van der Waals surface area contributed by atoms with Crippen molar-refractivity contribution in [2.75, 3.05) is 32.1 Å². The van der Waals surface area contributed by atoms with Crippen LogP contribution in [0.15, 0.2) is 57.7 Å². The number of hydrogen-bond donors (Lipinski definition) is 0. The van der Waals surface area contributed by atoms with Crippen LogP contribution in [0.5, 0.6) is 0 Å². The highest BCUT2D eigenvalue weighted by atomic mass is 35.5. The van der Waals surface area contributed by atoms with E-state index in [9.17, 15) is 9.59 Å². The molecular weight excluding hydrogens is 446 g/mol. The van der Waals surface area contributed by atoms with E-state index >= 15 is 0 Å². The Kier molecular flexibility index (Phi) is 7.66. The van der Waals surface area contributed by atoms with Gasteiger partial charge in [-0.3, -0.25) is 9.69 Å². The predicted octanol–water partition coefficient (Wildman–Crippen LogP) is 4.99.